The fourth-order valence-corrected chi connectivity index (χ4v) is 0.915. The molecule has 1 rings (SSSR count). The molecule has 7 heteroatoms. The summed E-state index contributed by atoms with van der Waals surface area (Å²) in [5, 5.41) is 29.4. The van der Waals surface area contributed by atoms with E-state index in [0.29, 0.717) is 4.90 Å². The van der Waals surface area contributed by atoms with E-state index in [9.17, 15) is 14.7 Å². The molecule has 1 fully saturated rings. The van der Waals surface area contributed by atoms with Gasteiger partial charge in [0.2, 0.25) is 5.72 Å². The van der Waals surface area contributed by atoms with Gasteiger partial charge in [0.1, 0.15) is 0 Å². The van der Waals surface area contributed by atoms with Gasteiger partial charge >= 0.3 is 6.03 Å². The van der Waals surface area contributed by atoms with Gasteiger partial charge in [-0.1, -0.05) is 0 Å². The van der Waals surface area contributed by atoms with Crippen LogP contribution in [-0.2, 0) is 4.79 Å². The quantitative estimate of drug-likeness (QED) is 0.317. The second-order valence-corrected chi connectivity index (χ2v) is 3.01. The molecule has 0 radical (unpaired) electrons. The summed E-state index contributed by atoms with van der Waals surface area (Å²) in [6.07, 6.45) is 0. The highest BCUT2D eigenvalue weighted by molar-refractivity contribution is 6.01. The van der Waals surface area contributed by atoms with Crippen molar-refractivity contribution in [3.63, 3.8) is 0 Å². The Balaban J connectivity index is 3.15. The van der Waals surface area contributed by atoms with E-state index in [2.05, 4.69) is 0 Å². The molecular formula is C6H10N2O5. The van der Waals surface area contributed by atoms with E-state index in [-0.39, 0.29) is 0 Å². The first-order valence-corrected chi connectivity index (χ1v) is 3.47. The summed E-state index contributed by atoms with van der Waals surface area (Å²) >= 11 is 0. The zero-order valence-corrected chi connectivity index (χ0v) is 7.11. The van der Waals surface area contributed by atoms with Crippen LogP contribution in [0.15, 0.2) is 0 Å². The number of nitrogens with one attached hydrogen (secondary N) is 1. The second kappa shape index (κ2) is 2.41. The molecule has 1 saturated heterocycles. The van der Waals surface area contributed by atoms with E-state index in [4.69, 9.17) is 10.2 Å². The van der Waals surface area contributed by atoms with Gasteiger partial charge in [-0.3, -0.25) is 15.0 Å². The van der Waals surface area contributed by atoms with Gasteiger partial charge in [0.15, 0.2) is 0 Å². The molecule has 1 atom stereocenters. The number of urea groups is 1. The van der Waals surface area contributed by atoms with E-state index in [0.717, 1.165) is 14.0 Å². The van der Waals surface area contributed by atoms with Crippen LogP contribution in [0.5, 0.6) is 0 Å². The van der Waals surface area contributed by atoms with Crippen molar-refractivity contribution in [1.82, 2.24) is 10.2 Å². The summed E-state index contributed by atoms with van der Waals surface area (Å²) in [5.74, 6) is -4.35. The number of rotatable bonds is 0. The molecule has 0 saturated carbocycles. The van der Waals surface area contributed by atoms with Crippen molar-refractivity contribution >= 4 is 11.9 Å². The molecule has 1 aliphatic rings. The lowest BCUT2D eigenvalue weighted by Gasteiger charge is -2.44. The van der Waals surface area contributed by atoms with Crippen molar-refractivity contribution in [1.29, 1.82) is 0 Å². The molecule has 1 heterocycles. The van der Waals surface area contributed by atoms with Crippen LogP contribution in [0.1, 0.15) is 6.92 Å². The molecule has 13 heavy (non-hydrogen) atoms. The van der Waals surface area contributed by atoms with Gasteiger partial charge in [-0.25, -0.2) is 4.79 Å². The minimum absolute atomic E-state index is 0.619. The summed E-state index contributed by atoms with van der Waals surface area (Å²) in [5.41, 5.74) is -2.34. The van der Waals surface area contributed by atoms with Gasteiger partial charge < -0.3 is 15.3 Å². The van der Waals surface area contributed by atoms with Crippen molar-refractivity contribution in [3.05, 3.63) is 0 Å². The predicted molar refractivity (Wildman–Crippen MR) is 39.1 cm³/mol. The molecular weight excluding hydrogens is 180 g/mol. The lowest BCUT2D eigenvalue weighted by Crippen LogP contribution is -2.75. The number of carbonyl (C=O) groups excluding carboxylic acids is 2. The lowest BCUT2D eigenvalue weighted by molar-refractivity contribution is -0.293. The van der Waals surface area contributed by atoms with Crippen LogP contribution in [-0.4, -0.2) is 50.7 Å². The highest BCUT2D eigenvalue weighted by atomic mass is 16.5. The molecule has 1 unspecified atom stereocenters. The van der Waals surface area contributed by atoms with Crippen molar-refractivity contribution < 1.29 is 24.9 Å². The smallest absolute Gasteiger partial charge is 0.326 e. The van der Waals surface area contributed by atoms with Crippen molar-refractivity contribution in [2.24, 2.45) is 0 Å². The number of hydrogen-bond donors (Lipinski definition) is 4. The maximum atomic E-state index is 10.9. The first-order valence-electron chi connectivity index (χ1n) is 3.47. The number of amides is 3. The molecule has 0 spiro atoms. The SMILES string of the molecule is CN1C(=O)NC(=O)C(O)(O)C1(C)O. The van der Waals surface area contributed by atoms with Gasteiger partial charge in [-0.05, 0) is 6.92 Å². The normalized spacial score (nSPS) is 33.2. The Morgan fingerprint density at radius 2 is 1.77 bits per heavy atom. The van der Waals surface area contributed by atoms with Crippen LogP contribution in [0.4, 0.5) is 4.79 Å². The summed E-state index contributed by atoms with van der Waals surface area (Å²) in [6, 6.07) is -0.895. The molecule has 3 amide bonds. The third-order valence-corrected chi connectivity index (χ3v) is 2.16. The van der Waals surface area contributed by atoms with E-state index in [1.165, 1.54) is 0 Å². The van der Waals surface area contributed by atoms with Crippen molar-refractivity contribution in [2.45, 2.75) is 18.4 Å². The van der Waals surface area contributed by atoms with E-state index in [1.807, 2.05) is 0 Å². The molecule has 7 nitrogen and oxygen atoms in total. The third kappa shape index (κ3) is 1.09. The average Bonchev–Trinajstić information content (AvgIpc) is 2.00. The molecule has 4 N–H and O–H groups in total. The molecule has 0 aromatic heterocycles. The molecule has 0 aromatic rings. The Labute approximate surface area is 73.6 Å². The molecule has 0 aliphatic carbocycles. The lowest BCUT2D eigenvalue weighted by atomic mass is 10.0. The fourth-order valence-electron chi connectivity index (χ4n) is 0.915. The van der Waals surface area contributed by atoms with Gasteiger partial charge in [0.05, 0.1) is 0 Å². The number of carbonyl (C=O) groups is 2. The van der Waals surface area contributed by atoms with Gasteiger partial charge in [-0.15, -0.1) is 0 Å². The summed E-state index contributed by atoms with van der Waals surface area (Å²) in [7, 11) is 1.13. The van der Waals surface area contributed by atoms with Crippen LogP contribution in [0, 0.1) is 0 Å². The zero-order valence-electron chi connectivity index (χ0n) is 7.11. The largest absolute Gasteiger partial charge is 0.366 e. The van der Waals surface area contributed by atoms with Crippen LogP contribution < -0.4 is 5.32 Å². The average molecular weight is 190 g/mol. The van der Waals surface area contributed by atoms with Crippen LogP contribution in [0.3, 0.4) is 0 Å². The highest BCUT2D eigenvalue weighted by Gasteiger charge is 2.59. The first-order chi connectivity index (χ1) is 5.71. The van der Waals surface area contributed by atoms with Crippen LogP contribution >= 0.6 is 0 Å². The number of hydrogen-bond acceptors (Lipinski definition) is 5. The predicted octanol–water partition coefficient (Wildman–Crippen LogP) is -2.44. The van der Waals surface area contributed by atoms with E-state index < -0.39 is 23.5 Å². The number of imide groups is 1. The Kier molecular flexibility index (Phi) is 1.83. The standard InChI is InChI=1S/C6H10N2O5/c1-5(11)6(12,13)3(9)7-4(10)8(5)2/h11-13H,1-2H3,(H,7,9,10). The summed E-state index contributed by atoms with van der Waals surface area (Å²) < 4.78 is 0. The van der Waals surface area contributed by atoms with Crippen LogP contribution in [0.25, 0.3) is 0 Å². The van der Waals surface area contributed by atoms with Gasteiger partial charge in [-0.2, -0.15) is 0 Å². The van der Waals surface area contributed by atoms with Gasteiger partial charge in [0.25, 0.3) is 11.7 Å². The van der Waals surface area contributed by atoms with Crippen molar-refractivity contribution in [2.75, 3.05) is 7.05 Å². The van der Waals surface area contributed by atoms with Crippen LogP contribution in [0.2, 0.25) is 0 Å². The Hall–Kier alpha value is -1.18. The number of likely N-dealkylation sites (N-methyl/N-ethyl adjacent to an activating group) is 1. The van der Waals surface area contributed by atoms with E-state index >= 15 is 0 Å². The highest BCUT2D eigenvalue weighted by Crippen LogP contribution is 2.26. The zero-order chi connectivity index (χ0) is 10.4. The Morgan fingerprint density at radius 1 is 1.31 bits per heavy atom. The van der Waals surface area contributed by atoms with Crippen molar-refractivity contribution in [3.8, 4) is 0 Å². The van der Waals surface area contributed by atoms with E-state index in [1.54, 1.807) is 5.32 Å². The number of nitrogens with zero attached hydrogens (tertiary/aromatic N) is 1. The third-order valence-electron chi connectivity index (χ3n) is 2.16. The molecule has 0 aromatic carbocycles. The first kappa shape index (κ1) is 9.90. The maximum Gasteiger partial charge on any atom is 0.326 e. The topological polar surface area (TPSA) is 110 Å². The second-order valence-electron chi connectivity index (χ2n) is 3.01. The summed E-state index contributed by atoms with van der Waals surface area (Å²) in [4.78, 5) is 22.4. The summed E-state index contributed by atoms with van der Waals surface area (Å²) in [6.45, 7) is 0.948. The minimum atomic E-state index is -3.00. The Morgan fingerprint density at radius 3 is 2.23 bits per heavy atom. The maximum absolute atomic E-state index is 10.9. The monoisotopic (exact) mass is 190 g/mol. The molecule has 0 bridgehead atoms. The number of aliphatic hydroxyl groups is 3. The fraction of sp³-hybridized carbons (Fsp3) is 0.667. The minimum Gasteiger partial charge on any atom is -0.366 e. The Bertz CT molecular complexity index is 272. The molecule has 74 valence electrons. The molecule has 1 aliphatic heterocycles. The van der Waals surface area contributed by atoms with Gasteiger partial charge in [0, 0.05) is 7.05 Å².